The minimum atomic E-state index is -0.748. The summed E-state index contributed by atoms with van der Waals surface area (Å²) in [6.45, 7) is 6.92. The van der Waals surface area contributed by atoms with Gasteiger partial charge in [0, 0.05) is 19.6 Å². The van der Waals surface area contributed by atoms with E-state index in [1.807, 2.05) is 0 Å². The number of carboxylic acids is 1. The normalized spacial score (nSPS) is 23.8. The molecule has 1 aliphatic rings. The first kappa shape index (κ1) is 15.8. The summed E-state index contributed by atoms with van der Waals surface area (Å²) in [5.74, 6) is -1.06. The molecule has 0 radical (unpaired) electrons. The van der Waals surface area contributed by atoms with Crippen molar-refractivity contribution in [2.24, 2.45) is 11.3 Å². The summed E-state index contributed by atoms with van der Waals surface area (Å²) in [7, 11) is 1.78. The van der Waals surface area contributed by atoms with E-state index in [2.05, 4.69) is 26.1 Å². The van der Waals surface area contributed by atoms with Crippen LogP contribution in [0.25, 0.3) is 0 Å². The van der Waals surface area contributed by atoms with E-state index in [1.54, 1.807) is 11.9 Å². The van der Waals surface area contributed by atoms with Crippen LogP contribution in [0.15, 0.2) is 0 Å². The van der Waals surface area contributed by atoms with Crippen molar-refractivity contribution in [1.29, 1.82) is 0 Å². The highest BCUT2D eigenvalue weighted by Gasteiger charge is 2.28. The first-order chi connectivity index (χ1) is 8.69. The van der Waals surface area contributed by atoms with Gasteiger partial charge in [0.25, 0.3) is 0 Å². The molecule has 2 unspecified atom stereocenters. The van der Waals surface area contributed by atoms with E-state index in [9.17, 15) is 9.59 Å². The maximum Gasteiger partial charge on any atom is 0.317 e. The predicted octanol–water partition coefficient (Wildman–Crippen LogP) is 2.32. The Morgan fingerprint density at radius 3 is 2.47 bits per heavy atom. The first-order valence-electron chi connectivity index (χ1n) is 6.93. The number of nitrogens with one attached hydrogen (secondary N) is 1. The van der Waals surface area contributed by atoms with Crippen LogP contribution in [-0.2, 0) is 4.79 Å². The summed E-state index contributed by atoms with van der Waals surface area (Å²) in [6, 6.07) is -0.115. The second-order valence-corrected chi connectivity index (χ2v) is 6.76. The second-order valence-electron chi connectivity index (χ2n) is 6.76. The van der Waals surface area contributed by atoms with Crippen LogP contribution in [0.4, 0.5) is 4.79 Å². The molecule has 2 N–H and O–H groups in total. The van der Waals surface area contributed by atoms with Crippen molar-refractivity contribution < 1.29 is 14.7 Å². The Labute approximate surface area is 115 Å². The zero-order valence-electron chi connectivity index (χ0n) is 12.4. The Morgan fingerprint density at radius 1 is 1.32 bits per heavy atom. The highest BCUT2D eigenvalue weighted by atomic mass is 16.4. The monoisotopic (exact) mass is 270 g/mol. The molecule has 0 spiro atoms. The molecule has 0 aliphatic heterocycles. The van der Waals surface area contributed by atoms with Gasteiger partial charge in [-0.05, 0) is 24.7 Å². The van der Waals surface area contributed by atoms with Crippen molar-refractivity contribution in [2.45, 2.75) is 52.5 Å². The molecule has 19 heavy (non-hydrogen) atoms. The maximum atomic E-state index is 12.0. The van der Waals surface area contributed by atoms with E-state index >= 15 is 0 Å². The molecule has 0 heterocycles. The van der Waals surface area contributed by atoms with Crippen LogP contribution in [0.2, 0.25) is 0 Å². The lowest BCUT2D eigenvalue weighted by Crippen LogP contribution is -2.47. The standard InChI is InChI=1S/C14H26N2O3/c1-14(2,3)9-16(4)13(19)15-11-7-5-6-10(8-11)12(17)18/h10-11H,5-9H2,1-4H3,(H,15,19)(H,17,18). The second kappa shape index (κ2) is 6.26. The minimum absolute atomic E-state index is 0.00947. The quantitative estimate of drug-likeness (QED) is 0.827. The zero-order chi connectivity index (χ0) is 14.6. The molecule has 0 aromatic carbocycles. The molecule has 1 rings (SSSR count). The fraction of sp³-hybridized carbons (Fsp3) is 0.857. The highest BCUT2D eigenvalue weighted by Crippen LogP contribution is 2.24. The molecule has 1 fully saturated rings. The molecule has 2 atom stereocenters. The van der Waals surface area contributed by atoms with Gasteiger partial charge in [0.2, 0.25) is 0 Å². The van der Waals surface area contributed by atoms with Crippen LogP contribution in [0.5, 0.6) is 0 Å². The van der Waals surface area contributed by atoms with Crippen LogP contribution in [0.3, 0.4) is 0 Å². The summed E-state index contributed by atoms with van der Waals surface area (Å²) < 4.78 is 0. The number of carbonyl (C=O) groups is 2. The molecular weight excluding hydrogens is 244 g/mol. The van der Waals surface area contributed by atoms with Crippen LogP contribution >= 0.6 is 0 Å². The number of urea groups is 1. The number of rotatable bonds is 3. The first-order valence-corrected chi connectivity index (χ1v) is 6.93. The average Bonchev–Trinajstić information content (AvgIpc) is 2.27. The number of hydrogen-bond donors (Lipinski definition) is 2. The Hall–Kier alpha value is -1.26. The van der Waals surface area contributed by atoms with E-state index in [1.165, 1.54) is 0 Å². The molecule has 0 aromatic heterocycles. The SMILES string of the molecule is CN(CC(C)(C)C)C(=O)NC1CCCC(C(=O)O)C1. The van der Waals surface area contributed by atoms with Gasteiger partial charge in [-0.1, -0.05) is 27.2 Å². The molecule has 1 aliphatic carbocycles. The molecular formula is C14H26N2O3. The van der Waals surface area contributed by atoms with Crippen LogP contribution in [0, 0.1) is 11.3 Å². The van der Waals surface area contributed by atoms with Gasteiger partial charge in [-0.15, -0.1) is 0 Å². The Bertz CT molecular complexity index is 336. The fourth-order valence-corrected chi connectivity index (χ4v) is 2.61. The van der Waals surface area contributed by atoms with Gasteiger partial charge in [-0.2, -0.15) is 0 Å². The van der Waals surface area contributed by atoms with Gasteiger partial charge >= 0.3 is 12.0 Å². The summed E-state index contributed by atoms with van der Waals surface area (Å²) in [5, 5.41) is 12.0. The molecule has 0 bridgehead atoms. The topological polar surface area (TPSA) is 69.6 Å². The molecule has 5 nitrogen and oxygen atoms in total. The van der Waals surface area contributed by atoms with Gasteiger partial charge in [-0.3, -0.25) is 4.79 Å². The van der Waals surface area contributed by atoms with E-state index in [0.717, 1.165) is 19.3 Å². The molecule has 2 amide bonds. The third-order valence-corrected chi connectivity index (χ3v) is 3.41. The van der Waals surface area contributed by atoms with Crippen LogP contribution in [0.1, 0.15) is 46.5 Å². The number of amides is 2. The van der Waals surface area contributed by atoms with Crippen molar-refractivity contribution in [3.05, 3.63) is 0 Å². The van der Waals surface area contributed by atoms with Crippen molar-refractivity contribution in [2.75, 3.05) is 13.6 Å². The lowest BCUT2D eigenvalue weighted by molar-refractivity contribution is -0.143. The predicted molar refractivity (Wildman–Crippen MR) is 74.0 cm³/mol. The van der Waals surface area contributed by atoms with Gasteiger partial charge in [-0.25, -0.2) is 4.79 Å². The van der Waals surface area contributed by atoms with Crippen molar-refractivity contribution in [3.63, 3.8) is 0 Å². The summed E-state index contributed by atoms with van der Waals surface area (Å²) in [5.41, 5.74) is 0.0578. The number of carboxylic acid groups (broad SMARTS) is 1. The Kier molecular flexibility index (Phi) is 5.20. The highest BCUT2D eigenvalue weighted by molar-refractivity contribution is 5.74. The van der Waals surface area contributed by atoms with E-state index in [0.29, 0.717) is 13.0 Å². The average molecular weight is 270 g/mol. The van der Waals surface area contributed by atoms with E-state index < -0.39 is 5.97 Å². The third kappa shape index (κ3) is 5.49. The minimum Gasteiger partial charge on any atom is -0.481 e. The van der Waals surface area contributed by atoms with Crippen molar-refractivity contribution in [3.8, 4) is 0 Å². The van der Waals surface area contributed by atoms with Crippen LogP contribution < -0.4 is 5.32 Å². The lowest BCUT2D eigenvalue weighted by atomic mass is 9.86. The zero-order valence-corrected chi connectivity index (χ0v) is 12.4. The number of carbonyl (C=O) groups excluding carboxylic acids is 1. The molecule has 1 saturated carbocycles. The van der Waals surface area contributed by atoms with Crippen molar-refractivity contribution in [1.82, 2.24) is 10.2 Å². The van der Waals surface area contributed by atoms with E-state index in [-0.39, 0.29) is 23.4 Å². The van der Waals surface area contributed by atoms with Gasteiger partial charge < -0.3 is 15.3 Å². The summed E-state index contributed by atoms with van der Waals surface area (Å²) in [4.78, 5) is 24.7. The smallest absolute Gasteiger partial charge is 0.317 e. The van der Waals surface area contributed by atoms with Gasteiger partial charge in [0.05, 0.1) is 5.92 Å². The van der Waals surface area contributed by atoms with Gasteiger partial charge in [0.1, 0.15) is 0 Å². The molecule has 5 heteroatoms. The summed E-state index contributed by atoms with van der Waals surface area (Å²) >= 11 is 0. The molecule has 110 valence electrons. The Balaban J connectivity index is 2.45. The fourth-order valence-electron chi connectivity index (χ4n) is 2.61. The summed E-state index contributed by atoms with van der Waals surface area (Å²) in [6.07, 6.45) is 3.01. The van der Waals surface area contributed by atoms with Crippen molar-refractivity contribution >= 4 is 12.0 Å². The van der Waals surface area contributed by atoms with E-state index in [4.69, 9.17) is 5.11 Å². The van der Waals surface area contributed by atoms with Crippen LogP contribution in [-0.4, -0.2) is 41.6 Å². The molecule has 0 aromatic rings. The maximum absolute atomic E-state index is 12.0. The van der Waals surface area contributed by atoms with Gasteiger partial charge in [0.15, 0.2) is 0 Å². The number of hydrogen-bond acceptors (Lipinski definition) is 2. The lowest BCUT2D eigenvalue weighted by Gasteiger charge is -2.31. The molecule has 0 saturated heterocycles. The number of nitrogens with zero attached hydrogens (tertiary/aromatic N) is 1. The largest absolute Gasteiger partial charge is 0.481 e. The third-order valence-electron chi connectivity index (χ3n) is 3.41. The number of aliphatic carboxylic acids is 1. The Morgan fingerprint density at radius 2 is 1.95 bits per heavy atom.